The molecule has 0 spiro atoms. The van der Waals surface area contributed by atoms with Gasteiger partial charge in [0.2, 0.25) is 0 Å². The molecular weight excluding hydrogens is 361 g/mol. The number of nitrogens with zero attached hydrogens (tertiary/aromatic N) is 4. The summed E-state index contributed by atoms with van der Waals surface area (Å²) in [6.07, 6.45) is 1.70. The fourth-order valence-corrected chi connectivity index (χ4v) is 3.19. The van der Waals surface area contributed by atoms with Gasteiger partial charge in [-0.25, -0.2) is 9.37 Å². The first-order valence-electron chi connectivity index (χ1n) is 9.05. The van der Waals surface area contributed by atoms with E-state index in [2.05, 4.69) is 25.3 Å². The van der Waals surface area contributed by atoms with Crippen molar-refractivity contribution in [1.29, 1.82) is 0 Å². The molecule has 3 heterocycles. The molecule has 144 valence electrons. The molecule has 1 fully saturated rings. The maximum Gasteiger partial charge on any atom is 0.275 e. The van der Waals surface area contributed by atoms with Crippen LogP contribution >= 0.6 is 0 Å². The first kappa shape index (κ1) is 18.0. The number of benzene rings is 1. The van der Waals surface area contributed by atoms with Gasteiger partial charge in [-0.2, -0.15) is 0 Å². The summed E-state index contributed by atoms with van der Waals surface area (Å²) in [4.78, 5) is 21.0. The predicted molar refractivity (Wildman–Crippen MR) is 104 cm³/mol. The maximum atomic E-state index is 13.1. The normalized spacial score (nSPS) is 14.2. The van der Waals surface area contributed by atoms with Crippen LogP contribution in [-0.4, -0.2) is 42.2 Å². The molecule has 2 aromatic heterocycles. The Balaban J connectivity index is 1.35. The van der Waals surface area contributed by atoms with Gasteiger partial charge >= 0.3 is 0 Å². The number of hydrogen-bond acceptors (Lipinski definition) is 6. The van der Waals surface area contributed by atoms with Crippen LogP contribution in [0.25, 0.3) is 0 Å². The molecule has 7 nitrogen and oxygen atoms in total. The molecule has 0 radical (unpaired) electrons. The zero-order valence-corrected chi connectivity index (χ0v) is 15.4. The highest BCUT2D eigenvalue weighted by atomic mass is 19.1. The number of carbonyl (C=O) groups excluding carboxylic acids is 1. The fourth-order valence-electron chi connectivity index (χ4n) is 3.19. The summed E-state index contributed by atoms with van der Waals surface area (Å²) in [5.74, 6) is 0.431. The van der Waals surface area contributed by atoms with Crippen LogP contribution in [0.3, 0.4) is 0 Å². The zero-order valence-electron chi connectivity index (χ0n) is 15.4. The molecule has 1 aromatic carbocycles. The Bertz CT molecular complexity index is 947. The molecule has 1 amide bonds. The monoisotopic (exact) mass is 381 g/mol. The third kappa shape index (κ3) is 3.95. The van der Waals surface area contributed by atoms with Crippen molar-refractivity contribution in [2.75, 3.05) is 41.3 Å². The van der Waals surface area contributed by atoms with Crippen molar-refractivity contribution in [2.24, 2.45) is 0 Å². The highest BCUT2D eigenvalue weighted by Gasteiger charge is 2.18. The minimum absolute atomic E-state index is 0.226. The minimum Gasteiger partial charge on any atom is -0.368 e. The second kappa shape index (κ2) is 7.67. The Morgan fingerprint density at radius 2 is 1.68 bits per heavy atom. The van der Waals surface area contributed by atoms with Crippen LogP contribution in [0.1, 0.15) is 16.2 Å². The summed E-state index contributed by atoms with van der Waals surface area (Å²) in [7, 11) is 0. The molecule has 4 rings (SSSR count). The summed E-state index contributed by atoms with van der Waals surface area (Å²) in [5, 5.41) is 6.39. The smallest absolute Gasteiger partial charge is 0.275 e. The van der Waals surface area contributed by atoms with Gasteiger partial charge in [0.1, 0.15) is 17.3 Å². The number of amides is 1. The second-order valence-corrected chi connectivity index (χ2v) is 6.63. The number of aryl methyl sites for hydroxylation is 1. The van der Waals surface area contributed by atoms with Crippen molar-refractivity contribution >= 4 is 23.1 Å². The molecule has 1 saturated heterocycles. The van der Waals surface area contributed by atoms with Crippen LogP contribution in [0, 0.1) is 12.7 Å². The van der Waals surface area contributed by atoms with Gasteiger partial charge < -0.3 is 19.6 Å². The summed E-state index contributed by atoms with van der Waals surface area (Å²) < 4.78 is 18.0. The first-order valence-corrected chi connectivity index (χ1v) is 9.05. The molecule has 28 heavy (non-hydrogen) atoms. The fraction of sp³-hybridized carbons (Fsp3) is 0.250. The van der Waals surface area contributed by atoms with E-state index in [9.17, 15) is 9.18 Å². The van der Waals surface area contributed by atoms with E-state index in [-0.39, 0.29) is 11.7 Å². The summed E-state index contributed by atoms with van der Waals surface area (Å²) in [6.45, 7) is 5.07. The lowest BCUT2D eigenvalue weighted by atomic mass is 10.2. The maximum absolute atomic E-state index is 13.1. The van der Waals surface area contributed by atoms with E-state index >= 15 is 0 Å². The quantitative estimate of drug-likeness (QED) is 0.749. The Kier molecular flexibility index (Phi) is 4.92. The van der Waals surface area contributed by atoms with Gasteiger partial charge in [-0.1, -0.05) is 5.16 Å². The highest BCUT2D eigenvalue weighted by molar-refractivity contribution is 6.02. The van der Waals surface area contributed by atoms with E-state index < -0.39 is 0 Å². The molecule has 0 atom stereocenters. The van der Waals surface area contributed by atoms with Crippen molar-refractivity contribution in [1.82, 2.24) is 10.1 Å². The van der Waals surface area contributed by atoms with Gasteiger partial charge in [0, 0.05) is 37.9 Å². The standard InChI is InChI=1S/C20H20FN5O2/c1-14-12-19(24-28-14)23-20(27)18-7-6-17(13-22-18)26-10-8-25(9-11-26)16-4-2-15(21)3-5-16/h2-7,12-13H,8-11H2,1H3,(H,23,24,27). The van der Waals surface area contributed by atoms with Crippen LogP contribution < -0.4 is 15.1 Å². The molecular formula is C20H20FN5O2. The summed E-state index contributed by atoms with van der Waals surface area (Å²) in [5.41, 5.74) is 2.30. The lowest BCUT2D eigenvalue weighted by Crippen LogP contribution is -2.46. The van der Waals surface area contributed by atoms with Gasteiger partial charge in [0.15, 0.2) is 5.82 Å². The molecule has 0 bridgehead atoms. The number of aromatic nitrogens is 2. The Labute approximate surface area is 161 Å². The van der Waals surface area contributed by atoms with Crippen molar-refractivity contribution < 1.29 is 13.7 Å². The average molecular weight is 381 g/mol. The zero-order chi connectivity index (χ0) is 19.5. The third-order valence-corrected chi connectivity index (χ3v) is 4.69. The minimum atomic E-state index is -0.332. The molecule has 0 unspecified atom stereocenters. The Morgan fingerprint density at radius 3 is 2.25 bits per heavy atom. The van der Waals surface area contributed by atoms with E-state index in [0.717, 1.165) is 37.6 Å². The molecule has 3 aromatic rings. The highest BCUT2D eigenvalue weighted by Crippen LogP contribution is 2.21. The average Bonchev–Trinajstić information content (AvgIpc) is 3.13. The van der Waals surface area contributed by atoms with Crippen LogP contribution in [0.15, 0.2) is 53.2 Å². The topological polar surface area (TPSA) is 74.5 Å². The third-order valence-electron chi connectivity index (χ3n) is 4.69. The van der Waals surface area contributed by atoms with Crippen molar-refractivity contribution in [3.05, 3.63) is 65.9 Å². The van der Waals surface area contributed by atoms with Gasteiger partial charge in [-0.05, 0) is 43.3 Å². The molecule has 0 aliphatic carbocycles. The summed E-state index contributed by atoms with van der Waals surface area (Å²) in [6, 6.07) is 11.8. The Hall–Kier alpha value is -3.42. The largest absolute Gasteiger partial charge is 0.368 e. The number of anilines is 3. The number of hydrogen-bond donors (Lipinski definition) is 1. The number of nitrogens with one attached hydrogen (secondary N) is 1. The van der Waals surface area contributed by atoms with Crippen LogP contribution in [0.4, 0.5) is 21.6 Å². The Morgan fingerprint density at radius 1 is 1.04 bits per heavy atom. The number of piperazine rings is 1. The summed E-state index contributed by atoms with van der Waals surface area (Å²) >= 11 is 0. The van der Waals surface area contributed by atoms with Crippen LogP contribution in [0.5, 0.6) is 0 Å². The molecule has 1 N–H and O–H groups in total. The van der Waals surface area contributed by atoms with Gasteiger partial charge in [0.05, 0.1) is 11.9 Å². The molecule has 0 saturated carbocycles. The number of rotatable bonds is 4. The predicted octanol–water partition coefficient (Wildman–Crippen LogP) is 3.10. The number of pyridine rings is 1. The van der Waals surface area contributed by atoms with E-state index in [4.69, 9.17) is 4.52 Å². The van der Waals surface area contributed by atoms with Crippen LogP contribution in [-0.2, 0) is 0 Å². The molecule has 8 heteroatoms. The van der Waals surface area contributed by atoms with Crippen LogP contribution in [0.2, 0.25) is 0 Å². The first-order chi connectivity index (χ1) is 13.6. The number of halogens is 1. The number of carbonyl (C=O) groups is 1. The van der Waals surface area contributed by atoms with E-state index in [0.29, 0.717) is 17.3 Å². The molecule has 1 aliphatic heterocycles. The van der Waals surface area contributed by atoms with Crippen molar-refractivity contribution in [3.63, 3.8) is 0 Å². The van der Waals surface area contributed by atoms with Crippen molar-refractivity contribution in [2.45, 2.75) is 6.92 Å². The molecule has 1 aliphatic rings. The van der Waals surface area contributed by atoms with Gasteiger partial charge in [0.25, 0.3) is 5.91 Å². The second-order valence-electron chi connectivity index (χ2n) is 6.63. The van der Waals surface area contributed by atoms with E-state index in [1.807, 2.05) is 6.07 Å². The van der Waals surface area contributed by atoms with Crippen molar-refractivity contribution in [3.8, 4) is 0 Å². The lowest BCUT2D eigenvalue weighted by molar-refractivity contribution is 0.102. The van der Waals surface area contributed by atoms with E-state index in [1.165, 1.54) is 12.1 Å². The van der Waals surface area contributed by atoms with Gasteiger partial charge in [-0.3, -0.25) is 4.79 Å². The SMILES string of the molecule is Cc1cc(NC(=O)c2ccc(N3CCN(c4ccc(F)cc4)CC3)cn2)no1. The lowest BCUT2D eigenvalue weighted by Gasteiger charge is -2.37. The van der Waals surface area contributed by atoms with E-state index in [1.54, 1.807) is 37.4 Å². The van der Waals surface area contributed by atoms with Gasteiger partial charge in [-0.15, -0.1) is 0 Å².